The Bertz CT molecular complexity index is 815. The molecule has 2 aromatic carbocycles. The van der Waals surface area contributed by atoms with E-state index in [0.717, 1.165) is 17.5 Å². The second-order valence-corrected chi connectivity index (χ2v) is 6.98. The number of allylic oxidation sites excluding steroid dienone is 4. The molecule has 0 fully saturated rings. The molecule has 0 aliphatic heterocycles. The molecule has 0 bridgehead atoms. The molecule has 0 heterocycles. The molecule has 2 aromatic rings. The molecule has 1 aliphatic carbocycles. The number of halogens is 2. The molecule has 1 N–H and O–H groups in total. The van der Waals surface area contributed by atoms with Crippen molar-refractivity contribution in [1.82, 2.24) is 0 Å². The van der Waals surface area contributed by atoms with Crippen molar-refractivity contribution in [3.05, 3.63) is 93.6 Å². The van der Waals surface area contributed by atoms with Crippen LogP contribution in [0.1, 0.15) is 55.0 Å². The summed E-state index contributed by atoms with van der Waals surface area (Å²) in [6, 6.07) is 12.7. The number of aryl methyl sites for hydroxylation is 3. The summed E-state index contributed by atoms with van der Waals surface area (Å²) in [5.74, 6) is 0. The fourth-order valence-corrected chi connectivity index (χ4v) is 3.44. The van der Waals surface area contributed by atoms with Crippen LogP contribution in [0.2, 0.25) is 0 Å². The first kappa shape index (κ1) is 29.1. The zero-order valence-electron chi connectivity index (χ0n) is 17.6. The second kappa shape index (κ2) is 13.2. The summed E-state index contributed by atoms with van der Waals surface area (Å²) >= 11 is 0. The molecule has 0 radical (unpaired) electrons. The van der Waals surface area contributed by atoms with Gasteiger partial charge < -0.3 is 5.73 Å². The van der Waals surface area contributed by atoms with Gasteiger partial charge in [0.25, 0.3) is 0 Å². The van der Waals surface area contributed by atoms with Crippen LogP contribution in [0.3, 0.4) is 0 Å². The van der Waals surface area contributed by atoms with Gasteiger partial charge in [0.2, 0.25) is 0 Å². The van der Waals surface area contributed by atoms with Gasteiger partial charge in [0.1, 0.15) is 0 Å². The van der Waals surface area contributed by atoms with Crippen molar-refractivity contribution >= 4 is 36.1 Å². The summed E-state index contributed by atoms with van der Waals surface area (Å²) in [5.41, 5.74) is 18.7. The Hall–Kier alpha value is -1.12. The second-order valence-electron chi connectivity index (χ2n) is 6.98. The molecule has 0 atom stereocenters. The van der Waals surface area contributed by atoms with Gasteiger partial charge in [0.05, 0.1) is 0 Å². The molecule has 1 aliphatic rings. The first-order chi connectivity index (χ1) is 11.8. The van der Waals surface area contributed by atoms with Crippen molar-refractivity contribution in [2.24, 2.45) is 0 Å². The van der Waals surface area contributed by atoms with Crippen molar-refractivity contribution in [2.75, 3.05) is 0 Å². The van der Waals surface area contributed by atoms with Gasteiger partial charge in [-0.3, -0.25) is 0 Å². The Morgan fingerprint density at radius 3 is 1.89 bits per heavy atom. The zero-order chi connectivity index (χ0) is 18.6. The molecule has 4 heteroatoms. The molecule has 1 nitrogen and oxygen atoms in total. The van der Waals surface area contributed by atoms with Crippen molar-refractivity contribution in [3.63, 3.8) is 0 Å². The fourth-order valence-electron chi connectivity index (χ4n) is 3.44. The van der Waals surface area contributed by atoms with Gasteiger partial charge in [-0.15, -0.1) is 48.2 Å². The topological polar surface area (TPSA) is 23.8 Å². The van der Waals surface area contributed by atoms with Gasteiger partial charge in [-0.1, -0.05) is 64.6 Å². The predicted octanol–water partition coefficient (Wildman–Crippen LogP) is 8.52. The Morgan fingerprint density at radius 1 is 0.893 bits per heavy atom. The Labute approximate surface area is 198 Å². The number of benzene rings is 2. The molecule has 28 heavy (non-hydrogen) atoms. The minimum Gasteiger partial charge on any atom is -0.698 e. The summed E-state index contributed by atoms with van der Waals surface area (Å²) < 4.78 is 0. The smallest absolute Gasteiger partial charge is 0.698 e. The predicted molar refractivity (Wildman–Crippen MR) is 126 cm³/mol. The van der Waals surface area contributed by atoms with Crippen LogP contribution in [0.25, 0.3) is 11.3 Å². The number of nitrogens with one attached hydrogen (secondary N) is 1. The van der Waals surface area contributed by atoms with Gasteiger partial charge in [0.15, 0.2) is 0 Å². The molecule has 0 saturated heterocycles. The molecule has 3 rings (SSSR count). The van der Waals surface area contributed by atoms with Crippen LogP contribution in [0.15, 0.2) is 53.6 Å². The van der Waals surface area contributed by atoms with E-state index >= 15 is 0 Å². The van der Waals surface area contributed by atoms with E-state index in [1.807, 2.05) is 26.0 Å². The fraction of sp³-hybridized carbons (Fsp3) is 0.292. The summed E-state index contributed by atoms with van der Waals surface area (Å²) in [4.78, 5) is 0. The van der Waals surface area contributed by atoms with Crippen LogP contribution in [-0.4, -0.2) is 0 Å². The quantitative estimate of drug-likeness (QED) is 0.322. The monoisotopic (exact) mass is 451 g/mol. The van der Waals surface area contributed by atoms with Crippen molar-refractivity contribution in [2.45, 2.75) is 48.0 Å². The van der Waals surface area contributed by atoms with Crippen molar-refractivity contribution < 1.29 is 21.7 Å². The molecular formula is C24H31Cl2NTi. The average Bonchev–Trinajstić information content (AvgIpc) is 2.91. The van der Waals surface area contributed by atoms with Gasteiger partial charge in [-0.05, 0) is 41.0 Å². The first-order valence-electron chi connectivity index (χ1n) is 8.88. The Morgan fingerprint density at radius 2 is 1.43 bits per heavy atom. The van der Waals surface area contributed by atoms with Crippen LogP contribution < -0.4 is 0 Å². The summed E-state index contributed by atoms with van der Waals surface area (Å²) in [5, 5.41) is 0. The summed E-state index contributed by atoms with van der Waals surface area (Å²) in [6.07, 6.45) is 5.59. The third-order valence-corrected chi connectivity index (χ3v) is 4.67. The number of rotatable bonds is 2. The molecule has 150 valence electrons. The molecule has 0 unspecified atom stereocenters. The van der Waals surface area contributed by atoms with E-state index in [-0.39, 0.29) is 46.5 Å². The maximum Gasteiger partial charge on any atom is 2.00 e. The Balaban J connectivity index is 0. The molecule has 0 saturated carbocycles. The maximum absolute atomic E-state index is 7.54. The SMILES string of the molecule is C[CH-]c1ccccc1C1=C(C)C=C(C)C1.Cc1cc(C)c([NH-])c(C)c1.Cl.Cl.[Ti+2]. The minimum absolute atomic E-state index is 0. The molecule has 0 spiro atoms. The van der Waals surface area contributed by atoms with E-state index in [0.29, 0.717) is 5.69 Å². The van der Waals surface area contributed by atoms with Gasteiger partial charge >= 0.3 is 21.7 Å². The Kier molecular flexibility index (Phi) is 13.7. The first-order valence-corrected chi connectivity index (χ1v) is 8.88. The van der Waals surface area contributed by atoms with Crippen LogP contribution in [-0.2, 0) is 21.7 Å². The maximum atomic E-state index is 7.54. The van der Waals surface area contributed by atoms with E-state index in [1.54, 1.807) is 0 Å². The third-order valence-electron chi connectivity index (χ3n) is 4.67. The minimum atomic E-state index is 0. The van der Waals surface area contributed by atoms with Crippen LogP contribution in [0.5, 0.6) is 0 Å². The molecule has 0 amide bonds. The van der Waals surface area contributed by atoms with E-state index in [9.17, 15) is 0 Å². The van der Waals surface area contributed by atoms with Crippen molar-refractivity contribution in [1.29, 1.82) is 0 Å². The van der Waals surface area contributed by atoms with Crippen LogP contribution in [0, 0.1) is 27.2 Å². The van der Waals surface area contributed by atoms with E-state index < -0.39 is 0 Å². The zero-order valence-corrected chi connectivity index (χ0v) is 20.8. The van der Waals surface area contributed by atoms with Gasteiger partial charge in [-0.25, -0.2) is 0 Å². The van der Waals surface area contributed by atoms with E-state index in [4.69, 9.17) is 5.73 Å². The standard InChI is InChI=1S/C15H17.C9H12N.2ClH.Ti/c1-4-13-7-5-6-8-14(13)15-10-11(2)9-12(15)3;1-6-4-7(2)9(10)8(3)5-6;;;/h4-9H,10H2,1-3H3;4-5,10H,1-3H3;2*1H;/q2*-1;;;+2. The third kappa shape index (κ3) is 7.37. The normalized spacial score (nSPS) is 11.9. The van der Waals surface area contributed by atoms with Crippen LogP contribution >= 0.6 is 24.8 Å². The molecule has 0 aromatic heterocycles. The van der Waals surface area contributed by atoms with Crippen molar-refractivity contribution in [3.8, 4) is 0 Å². The van der Waals surface area contributed by atoms with E-state index in [1.165, 1.54) is 33.4 Å². The summed E-state index contributed by atoms with van der Waals surface area (Å²) in [7, 11) is 0. The molecular weight excluding hydrogens is 421 g/mol. The van der Waals surface area contributed by atoms with Gasteiger partial charge in [-0.2, -0.15) is 18.1 Å². The van der Waals surface area contributed by atoms with E-state index in [2.05, 4.69) is 64.5 Å². The average molecular weight is 452 g/mol. The summed E-state index contributed by atoms with van der Waals surface area (Å²) in [6.45, 7) is 12.5. The number of hydrogen-bond acceptors (Lipinski definition) is 0. The number of hydrogen-bond donors (Lipinski definition) is 0. The largest absolute Gasteiger partial charge is 2.00 e. The van der Waals surface area contributed by atoms with Gasteiger partial charge in [0, 0.05) is 0 Å². The van der Waals surface area contributed by atoms with Crippen LogP contribution in [0.4, 0.5) is 5.69 Å².